The Bertz CT molecular complexity index is 462. The average Bonchev–Trinajstić information content (AvgIpc) is 2.57. The highest BCUT2D eigenvalue weighted by atomic mass is 79.9. The summed E-state index contributed by atoms with van der Waals surface area (Å²) in [6.45, 7) is 3.97. The monoisotopic (exact) mass is 251 g/mol. The predicted octanol–water partition coefficient (Wildman–Crippen LogP) is 2.65. The topological polar surface area (TPSA) is 30.7 Å². The quantitative estimate of drug-likeness (QED) is 0.781. The number of hydrogen-bond donors (Lipinski definition) is 0. The number of aryl methyl sites for hydroxylation is 2. The minimum absolute atomic E-state index is 0.855. The summed E-state index contributed by atoms with van der Waals surface area (Å²) in [5.74, 6) is 0.855. The van der Waals surface area contributed by atoms with E-state index in [4.69, 9.17) is 0 Å². The molecule has 0 spiro atoms. The largest absolute Gasteiger partial charge is 0.233 e. The molecule has 2 aromatic rings. The molecule has 2 aromatic heterocycles. The standard InChI is InChI=1S/C10H10BrN3/c1-7-5-6-12-14(7)10-4-3-9(11)8(2)13-10/h3-6H,1-2H3. The van der Waals surface area contributed by atoms with Gasteiger partial charge in [-0.15, -0.1) is 0 Å². The molecule has 0 aromatic carbocycles. The van der Waals surface area contributed by atoms with Gasteiger partial charge in [0, 0.05) is 16.4 Å². The van der Waals surface area contributed by atoms with Crippen LogP contribution in [0.2, 0.25) is 0 Å². The number of aromatic nitrogens is 3. The maximum atomic E-state index is 4.43. The van der Waals surface area contributed by atoms with E-state index in [2.05, 4.69) is 26.0 Å². The Balaban J connectivity index is 2.53. The van der Waals surface area contributed by atoms with Crippen LogP contribution in [-0.4, -0.2) is 14.8 Å². The fourth-order valence-electron chi connectivity index (χ4n) is 1.26. The lowest BCUT2D eigenvalue weighted by Gasteiger charge is -2.04. The Kier molecular flexibility index (Phi) is 2.37. The van der Waals surface area contributed by atoms with Gasteiger partial charge in [0.25, 0.3) is 0 Å². The van der Waals surface area contributed by atoms with Crippen molar-refractivity contribution in [2.24, 2.45) is 0 Å². The molecule has 72 valence electrons. The highest BCUT2D eigenvalue weighted by Gasteiger charge is 2.03. The molecular formula is C10H10BrN3. The molecule has 0 atom stereocenters. The maximum Gasteiger partial charge on any atom is 0.153 e. The van der Waals surface area contributed by atoms with Crippen molar-refractivity contribution in [3.8, 4) is 5.82 Å². The van der Waals surface area contributed by atoms with E-state index in [1.165, 1.54) is 0 Å². The zero-order valence-electron chi connectivity index (χ0n) is 8.03. The van der Waals surface area contributed by atoms with Crippen molar-refractivity contribution < 1.29 is 0 Å². The maximum absolute atomic E-state index is 4.43. The third kappa shape index (κ3) is 1.57. The van der Waals surface area contributed by atoms with Gasteiger partial charge >= 0.3 is 0 Å². The van der Waals surface area contributed by atoms with E-state index in [0.29, 0.717) is 0 Å². The molecular weight excluding hydrogens is 242 g/mol. The molecule has 0 aliphatic carbocycles. The van der Waals surface area contributed by atoms with Crippen LogP contribution in [0.15, 0.2) is 28.9 Å². The van der Waals surface area contributed by atoms with Gasteiger partial charge in [-0.3, -0.25) is 0 Å². The van der Waals surface area contributed by atoms with Crippen LogP contribution in [0.25, 0.3) is 5.82 Å². The van der Waals surface area contributed by atoms with Crippen LogP contribution in [0.3, 0.4) is 0 Å². The minimum atomic E-state index is 0.855. The summed E-state index contributed by atoms with van der Waals surface area (Å²) in [5.41, 5.74) is 2.05. The first kappa shape index (κ1) is 9.40. The number of hydrogen-bond acceptors (Lipinski definition) is 2. The normalized spacial score (nSPS) is 10.5. The van der Waals surface area contributed by atoms with Crippen LogP contribution in [0.4, 0.5) is 0 Å². The van der Waals surface area contributed by atoms with E-state index in [9.17, 15) is 0 Å². The number of pyridine rings is 1. The van der Waals surface area contributed by atoms with E-state index < -0.39 is 0 Å². The van der Waals surface area contributed by atoms with E-state index >= 15 is 0 Å². The van der Waals surface area contributed by atoms with Gasteiger partial charge in [-0.1, -0.05) is 0 Å². The minimum Gasteiger partial charge on any atom is -0.233 e. The molecule has 14 heavy (non-hydrogen) atoms. The summed E-state index contributed by atoms with van der Waals surface area (Å²) in [6.07, 6.45) is 1.77. The second-order valence-electron chi connectivity index (χ2n) is 3.12. The van der Waals surface area contributed by atoms with Gasteiger partial charge in [-0.25, -0.2) is 9.67 Å². The molecule has 0 amide bonds. The lowest BCUT2D eigenvalue weighted by molar-refractivity contribution is 0.811. The van der Waals surface area contributed by atoms with Crippen molar-refractivity contribution >= 4 is 15.9 Å². The molecule has 0 radical (unpaired) electrons. The third-order valence-electron chi connectivity index (χ3n) is 2.06. The van der Waals surface area contributed by atoms with E-state index in [1.807, 2.05) is 36.7 Å². The van der Waals surface area contributed by atoms with Crippen LogP contribution in [0, 0.1) is 13.8 Å². The van der Waals surface area contributed by atoms with Gasteiger partial charge in [0.15, 0.2) is 5.82 Å². The summed E-state index contributed by atoms with van der Waals surface area (Å²) in [7, 11) is 0. The molecule has 0 unspecified atom stereocenters. The molecule has 0 saturated carbocycles. The first-order valence-electron chi connectivity index (χ1n) is 4.32. The van der Waals surface area contributed by atoms with Gasteiger partial charge in [0.05, 0.1) is 5.69 Å². The molecule has 0 bridgehead atoms. The number of rotatable bonds is 1. The summed E-state index contributed by atoms with van der Waals surface area (Å²) in [6, 6.07) is 5.88. The highest BCUT2D eigenvalue weighted by Crippen LogP contribution is 2.16. The van der Waals surface area contributed by atoms with Crippen LogP contribution in [0.1, 0.15) is 11.4 Å². The predicted molar refractivity (Wildman–Crippen MR) is 58.5 cm³/mol. The molecule has 4 heteroatoms. The molecule has 0 N–H and O–H groups in total. The van der Waals surface area contributed by atoms with Crippen LogP contribution >= 0.6 is 15.9 Å². The SMILES string of the molecule is Cc1nc(-n2nccc2C)ccc1Br. The number of halogens is 1. The Morgan fingerprint density at radius 1 is 1.21 bits per heavy atom. The molecule has 0 aliphatic heterocycles. The first-order valence-corrected chi connectivity index (χ1v) is 5.12. The van der Waals surface area contributed by atoms with Crippen molar-refractivity contribution in [2.75, 3.05) is 0 Å². The van der Waals surface area contributed by atoms with Crippen LogP contribution < -0.4 is 0 Å². The Morgan fingerprint density at radius 2 is 2.00 bits per heavy atom. The molecule has 2 rings (SSSR count). The molecule has 2 heterocycles. The molecule has 0 aliphatic rings. The van der Waals surface area contributed by atoms with Crippen molar-refractivity contribution in [3.63, 3.8) is 0 Å². The summed E-state index contributed by atoms with van der Waals surface area (Å²) in [4.78, 5) is 4.43. The van der Waals surface area contributed by atoms with Gasteiger partial charge in [0.1, 0.15) is 0 Å². The van der Waals surface area contributed by atoms with Crippen LogP contribution in [-0.2, 0) is 0 Å². The first-order chi connectivity index (χ1) is 6.68. The summed E-state index contributed by atoms with van der Waals surface area (Å²) >= 11 is 3.42. The summed E-state index contributed by atoms with van der Waals surface area (Å²) in [5, 5.41) is 4.20. The highest BCUT2D eigenvalue weighted by molar-refractivity contribution is 9.10. The van der Waals surface area contributed by atoms with Crippen LogP contribution in [0.5, 0.6) is 0 Å². The number of nitrogens with zero attached hydrogens (tertiary/aromatic N) is 3. The smallest absolute Gasteiger partial charge is 0.153 e. The lowest BCUT2D eigenvalue weighted by Crippen LogP contribution is -2.02. The fraction of sp³-hybridized carbons (Fsp3) is 0.200. The fourth-order valence-corrected chi connectivity index (χ4v) is 1.48. The Hall–Kier alpha value is -1.16. The molecule has 0 saturated heterocycles. The van der Waals surface area contributed by atoms with Gasteiger partial charge in [-0.2, -0.15) is 5.10 Å². The van der Waals surface area contributed by atoms with E-state index in [1.54, 1.807) is 6.20 Å². The Labute approximate surface area is 90.9 Å². The van der Waals surface area contributed by atoms with Crippen molar-refractivity contribution in [2.45, 2.75) is 13.8 Å². The van der Waals surface area contributed by atoms with Gasteiger partial charge in [0.2, 0.25) is 0 Å². The zero-order chi connectivity index (χ0) is 10.1. The van der Waals surface area contributed by atoms with Gasteiger partial charge in [-0.05, 0) is 48.0 Å². The second kappa shape index (κ2) is 3.53. The van der Waals surface area contributed by atoms with E-state index in [-0.39, 0.29) is 0 Å². The lowest BCUT2D eigenvalue weighted by atomic mass is 10.3. The van der Waals surface area contributed by atoms with E-state index in [0.717, 1.165) is 21.7 Å². The third-order valence-corrected chi connectivity index (χ3v) is 2.89. The van der Waals surface area contributed by atoms with Crippen molar-refractivity contribution in [1.29, 1.82) is 0 Å². The zero-order valence-corrected chi connectivity index (χ0v) is 9.62. The summed E-state index contributed by atoms with van der Waals surface area (Å²) < 4.78 is 2.84. The molecule has 0 fully saturated rings. The van der Waals surface area contributed by atoms with Crippen molar-refractivity contribution in [3.05, 3.63) is 40.3 Å². The second-order valence-corrected chi connectivity index (χ2v) is 3.98. The molecule has 3 nitrogen and oxygen atoms in total. The van der Waals surface area contributed by atoms with Gasteiger partial charge < -0.3 is 0 Å². The average molecular weight is 252 g/mol. The Morgan fingerprint density at radius 3 is 2.57 bits per heavy atom. The van der Waals surface area contributed by atoms with Crippen molar-refractivity contribution in [1.82, 2.24) is 14.8 Å².